The van der Waals surface area contributed by atoms with Crippen molar-refractivity contribution in [3.8, 4) is 0 Å². The first-order valence-electron chi connectivity index (χ1n) is 11.3. The molecule has 12 heteroatoms. The monoisotopic (exact) mass is 501 g/mol. The number of benzene rings is 1. The lowest BCUT2D eigenvalue weighted by molar-refractivity contribution is -0.192. The van der Waals surface area contributed by atoms with Gasteiger partial charge in [-0.25, -0.2) is 4.79 Å². The van der Waals surface area contributed by atoms with Crippen molar-refractivity contribution < 1.29 is 42.6 Å². The number of amides is 2. The van der Waals surface area contributed by atoms with Crippen molar-refractivity contribution in [2.45, 2.75) is 38.3 Å². The minimum absolute atomic E-state index is 0.0852. The van der Waals surface area contributed by atoms with Crippen molar-refractivity contribution in [3.63, 3.8) is 0 Å². The standard InChI is InChI=1S/C21H29N3O4.C2HF3O2/c1-23-10-12-24(13-11-23)18(25)14-15-6-8-17(9-7-15)22-20(26)19(21(27)28)16-4-2-3-5-16;3-2(4,5)1(6)7/h6-9,16,19H,2-5,10-14H2,1H3,(H,22,26)(H,27,28);(H,6,7). The van der Waals surface area contributed by atoms with E-state index in [1.165, 1.54) is 0 Å². The van der Waals surface area contributed by atoms with Crippen molar-refractivity contribution in [3.05, 3.63) is 29.8 Å². The Bertz CT molecular complexity index is 893. The van der Waals surface area contributed by atoms with Crippen LogP contribution in [0.1, 0.15) is 31.2 Å². The second-order valence-electron chi connectivity index (χ2n) is 8.71. The summed E-state index contributed by atoms with van der Waals surface area (Å²) in [4.78, 5) is 49.4. The van der Waals surface area contributed by atoms with Crippen molar-refractivity contribution in [1.29, 1.82) is 0 Å². The van der Waals surface area contributed by atoms with Crippen LogP contribution in [0.4, 0.5) is 18.9 Å². The smallest absolute Gasteiger partial charge is 0.481 e. The van der Waals surface area contributed by atoms with Gasteiger partial charge in [-0.05, 0) is 43.5 Å². The first kappa shape index (κ1) is 28.1. The fourth-order valence-corrected chi connectivity index (χ4v) is 4.09. The van der Waals surface area contributed by atoms with Crippen LogP contribution in [0.25, 0.3) is 0 Å². The minimum atomic E-state index is -5.08. The molecule has 0 spiro atoms. The van der Waals surface area contributed by atoms with E-state index in [0.717, 1.165) is 57.4 Å². The molecule has 0 aromatic heterocycles. The fraction of sp³-hybridized carbons (Fsp3) is 0.565. The molecule has 1 saturated carbocycles. The highest BCUT2D eigenvalue weighted by atomic mass is 19.4. The number of hydrogen-bond acceptors (Lipinski definition) is 5. The number of alkyl halides is 3. The molecule has 1 atom stereocenters. The molecule has 1 saturated heterocycles. The topological polar surface area (TPSA) is 127 Å². The van der Waals surface area contributed by atoms with Crippen LogP contribution in [0, 0.1) is 11.8 Å². The quantitative estimate of drug-likeness (QED) is 0.511. The molecule has 1 aliphatic heterocycles. The summed E-state index contributed by atoms with van der Waals surface area (Å²) in [7, 11) is 2.05. The molecule has 35 heavy (non-hydrogen) atoms. The van der Waals surface area contributed by atoms with Gasteiger partial charge in [-0.15, -0.1) is 0 Å². The van der Waals surface area contributed by atoms with Crippen LogP contribution in [0.15, 0.2) is 24.3 Å². The molecule has 194 valence electrons. The van der Waals surface area contributed by atoms with E-state index in [1.54, 1.807) is 12.1 Å². The zero-order chi connectivity index (χ0) is 26.2. The molecular formula is C23H30F3N3O6. The Kier molecular flexibility index (Phi) is 10.1. The third kappa shape index (κ3) is 8.85. The average molecular weight is 502 g/mol. The number of nitrogens with one attached hydrogen (secondary N) is 1. The summed E-state index contributed by atoms with van der Waals surface area (Å²) in [6.45, 7) is 3.29. The van der Waals surface area contributed by atoms with Crippen molar-refractivity contribution in [2.75, 3.05) is 38.5 Å². The number of carboxylic acids is 2. The maximum absolute atomic E-state index is 12.5. The molecule has 3 rings (SSSR count). The van der Waals surface area contributed by atoms with Crippen LogP contribution < -0.4 is 5.32 Å². The highest BCUT2D eigenvalue weighted by Crippen LogP contribution is 2.32. The number of nitrogens with zero attached hydrogens (tertiary/aromatic N) is 2. The zero-order valence-electron chi connectivity index (χ0n) is 19.4. The van der Waals surface area contributed by atoms with Gasteiger partial charge in [0.25, 0.3) is 0 Å². The second kappa shape index (κ2) is 12.5. The summed E-state index contributed by atoms with van der Waals surface area (Å²) in [6.07, 6.45) is -1.21. The first-order chi connectivity index (χ1) is 16.4. The van der Waals surface area contributed by atoms with Crippen LogP contribution in [-0.2, 0) is 25.6 Å². The Morgan fingerprint density at radius 2 is 1.51 bits per heavy atom. The van der Waals surface area contributed by atoms with E-state index in [4.69, 9.17) is 9.90 Å². The molecule has 0 bridgehead atoms. The highest BCUT2D eigenvalue weighted by Gasteiger charge is 2.38. The van der Waals surface area contributed by atoms with E-state index < -0.39 is 29.9 Å². The molecule has 9 nitrogen and oxygen atoms in total. The van der Waals surface area contributed by atoms with Gasteiger partial charge in [-0.1, -0.05) is 25.0 Å². The molecule has 1 aliphatic carbocycles. The maximum atomic E-state index is 12.5. The number of anilines is 1. The van der Waals surface area contributed by atoms with E-state index in [1.807, 2.05) is 17.0 Å². The number of likely N-dealkylation sites (N-methyl/N-ethyl adjacent to an activating group) is 1. The SMILES string of the molecule is CN1CCN(C(=O)Cc2ccc(NC(=O)C(C(=O)O)C3CCCC3)cc2)CC1.O=C(O)C(F)(F)F. The van der Waals surface area contributed by atoms with Crippen LogP contribution in [0.3, 0.4) is 0 Å². The van der Waals surface area contributed by atoms with Crippen LogP contribution in [0.2, 0.25) is 0 Å². The van der Waals surface area contributed by atoms with Gasteiger partial charge in [0.15, 0.2) is 0 Å². The van der Waals surface area contributed by atoms with Crippen LogP contribution in [-0.4, -0.2) is 83.2 Å². The Morgan fingerprint density at radius 3 is 1.97 bits per heavy atom. The first-order valence-corrected chi connectivity index (χ1v) is 11.3. The summed E-state index contributed by atoms with van der Waals surface area (Å²) >= 11 is 0. The third-order valence-corrected chi connectivity index (χ3v) is 6.10. The predicted molar refractivity (Wildman–Crippen MR) is 120 cm³/mol. The highest BCUT2D eigenvalue weighted by molar-refractivity contribution is 6.04. The summed E-state index contributed by atoms with van der Waals surface area (Å²) in [5, 5.41) is 19.3. The van der Waals surface area contributed by atoms with Gasteiger partial charge in [-0.2, -0.15) is 13.2 Å². The number of aliphatic carboxylic acids is 2. The lowest BCUT2D eigenvalue weighted by Crippen LogP contribution is -2.47. The lowest BCUT2D eigenvalue weighted by atomic mass is 9.90. The van der Waals surface area contributed by atoms with Crippen molar-refractivity contribution in [1.82, 2.24) is 9.80 Å². The van der Waals surface area contributed by atoms with Gasteiger partial charge < -0.3 is 25.3 Å². The number of piperazine rings is 1. The van der Waals surface area contributed by atoms with E-state index in [9.17, 15) is 32.7 Å². The van der Waals surface area contributed by atoms with Gasteiger partial charge in [0.1, 0.15) is 5.92 Å². The summed E-state index contributed by atoms with van der Waals surface area (Å²) < 4.78 is 31.7. The summed E-state index contributed by atoms with van der Waals surface area (Å²) in [5.74, 6) is -5.25. The van der Waals surface area contributed by atoms with Gasteiger partial charge in [0.05, 0.1) is 6.42 Å². The Labute approximate surface area is 200 Å². The summed E-state index contributed by atoms with van der Waals surface area (Å²) in [6, 6.07) is 7.10. The maximum Gasteiger partial charge on any atom is 0.490 e. The molecule has 1 unspecified atom stereocenters. The van der Waals surface area contributed by atoms with E-state index in [2.05, 4.69) is 17.3 Å². The second-order valence-corrected chi connectivity index (χ2v) is 8.71. The zero-order valence-corrected chi connectivity index (χ0v) is 19.4. The fourth-order valence-electron chi connectivity index (χ4n) is 4.09. The molecule has 1 heterocycles. The number of rotatable bonds is 6. The predicted octanol–water partition coefficient (Wildman–Crippen LogP) is 2.47. The summed E-state index contributed by atoms with van der Waals surface area (Å²) in [5.41, 5.74) is 1.44. The normalized spacial score (nSPS) is 17.8. The lowest BCUT2D eigenvalue weighted by Gasteiger charge is -2.32. The van der Waals surface area contributed by atoms with Gasteiger partial charge in [0.2, 0.25) is 11.8 Å². The molecule has 2 fully saturated rings. The number of hydrogen-bond donors (Lipinski definition) is 3. The van der Waals surface area contributed by atoms with E-state index in [-0.39, 0.29) is 11.8 Å². The van der Waals surface area contributed by atoms with Gasteiger partial charge in [-0.3, -0.25) is 14.4 Å². The molecule has 1 aromatic rings. The number of carbonyl (C=O) groups is 4. The Morgan fingerprint density at radius 1 is 1.00 bits per heavy atom. The number of carboxylic acid groups (broad SMARTS) is 2. The van der Waals surface area contributed by atoms with E-state index in [0.29, 0.717) is 12.1 Å². The molecular weight excluding hydrogens is 471 g/mol. The van der Waals surface area contributed by atoms with Crippen molar-refractivity contribution in [2.24, 2.45) is 11.8 Å². The average Bonchev–Trinajstić information content (AvgIpc) is 3.29. The Hall–Kier alpha value is -3.15. The minimum Gasteiger partial charge on any atom is -0.481 e. The largest absolute Gasteiger partial charge is 0.490 e. The number of halogens is 3. The molecule has 0 radical (unpaired) electrons. The number of carbonyl (C=O) groups excluding carboxylic acids is 2. The van der Waals surface area contributed by atoms with Crippen LogP contribution >= 0.6 is 0 Å². The molecule has 2 amide bonds. The van der Waals surface area contributed by atoms with Crippen LogP contribution in [0.5, 0.6) is 0 Å². The molecule has 3 N–H and O–H groups in total. The molecule has 2 aliphatic rings. The van der Waals surface area contributed by atoms with Gasteiger partial charge >= 0.3 is 18.1 Å². The van der Waals surface area contributed by atoms with E-state index >= 15 is 0 Å². The third-order valence-electron chi connectivity index (χ3n) is 6.10. The van der Waals surface area contributed by atoms with Crippen molar-refractivity contribution >= 4 is 29.4 Å². The van der Waals surface area contributed by atoms with Gasteiger partial charge in [0, 0.05) is 31.9 Å². The molecule has 1 aromatic carbocycles. The Balaban J connectivity index is 0.000000540.